The van der Waals surface area contributed by atoms with Gasteiger partial charge in [0.25, 0.3) is 5.91 Å². The number of hydrogen-bond donors (Lipinski definition) is 1. The molecule has 1 fully saturated rings. The zero-order valence-electron chi connectivity index (χ0n) is 10.0. The van der Waals surface area contributed by atoms with Crippen molar-refractivity contribution in [3.8, 4) is 0 Å². The third-order valence-corrected chi connectivity index (χ3v) is 3.35. The minimum absolute atomic E-state index is 0.0396. The van der Waals surface area contributed by atoms with Gasteiger partial charge in [-0.05, 0) is 31.9 Å². The Hall–Kier alpha value is -1.42. The highest BCUT2D eigenvalue weighted by Gasteiger charge is 2.26. The van der Waals surface area contributed by atoms with Crippen molar-refractivity contribution in [2.24, 2.45) is 5.92 Å². The maximum absolute atomic E-state index is 12.2. The lowest BCUT2D eigenvalue weighted by Crippen LogP contribution is -2.42. The molecule has 0 aromatic carbocycles. The van der Waals surface area contributed by atoms with Crippen molar-refractivity contribution >= 4 is 5.91 Å². The van der Waals surface area contributed by atoms with Crippen LogP contribution in [0.15, 0.2) is 24.5 Å². The molecule has 1 amide bonds. The summed E-state index contributed by atoms with van der Waals surface area (Å²) < 4.78 is 0. The lowest BCUT2D eigenvalue weighted by Gasteiger charge is -2.34. The van der Waals surface area contributed by atoms with Crippen molar-refractivity contribution in [3.05, 3.63) is 30.1 Å². The second kappa shape index (κ2) is 5.27. The number of hydrogen-bond acceptors (Lipinski definition) is 3. The van der Waals surface area contributed by atoms with Gasteiger partial charge in [0.1, 0.15) is 0 Å². The topological polar surface area (TPSA) is 53.4 Å². The van der Waals surface area contributed by atoms with Gasteiger partial charge < -0.3 is 10.0 Å². The van der Waals surface area contributed by atoms with E-state index in [4.69, 9.17) is 0 Å². The summed E-state index contributed by atoms with van der Waals surface area (Å²) >= 11 is 0. The Balaban J connectivity index is 2.05. The molecule has 1 aliphatic heterocycles. The van der Waals surface area contributed by atoms with E-state index in [-0.39, 0.29) is 17.9 Å². The van der Waals surface area contributed by atoms with E-state index in [1.165, 1.54) is 0 Å². The highest BCUT2D eigenvalue weighted by molar-refractivity contribution is 5.94. The number of rotatable bonds is 2. The summed E-state index contributed by atoms with van der Waals surface area (Å²) in [6.45, 7) is 3.23. The third-order valence-electron chi connectivity index (χ3n) is 3.35. The maximum Gasteiger partial charge on any atom is 0.253 e. The highest BCUT2D eigenvalue weighted by atomic mass is 16.3. The fraction of sp³-hybridized carbons (Fsp3) is 0.538. The molecule has 0 bridgehead atoms. The molecule has 0 radical (unpaired) electrons. The average Bonchev–Trinajstić information content (AvgIpc) is 2.39. The number of aliphatic hydroxyl groups is 1. The van der Waals surface area contributed by atoms with Crippen LogP contribution in [0, 0.1) is 5.92 Å². The highest BCUT2D eigenvalue weighted by Crippen LogP contribution is 2.21. The second-order valence-corrected chi connectivity index (χ2v) is 4.63. The molecule has 17 heavy (non-hydrogen) atoms. The van der Waals surface area contributed by atoms with Crippen molar-refractivity contribution in [1.82, 2.24) is 9.88 Å². The van der Waals surface area contributed by atoms with Crippen LogP contribution in [0.4, 0.5) is 0 Å². The van der Waals surface area contributed by atoms with Crippen molar-refractivity contribution in [3.63, 3.8) is 0 Å². The first-order chi connectivity index (χ1) is 8.18. The largest absolute Gasteiger partial charge is 0.393 e. The zero-order valence-corrected chi connectivity index (χ0v) is 10.0. The van der Waals surface area contributed by atoms with Crippen LogP contribution in [0.1, 0.15) is 30.1 Å². The van der Waals surface area contributed by atoms with E-state index < -0.39 is 0 Å². The standard InChI is InChI=1S/C13H18N2O2/c1-10(16)12-3-2-8-15(9-12)13(17)11-4-6-14-7-5-11/h4-7,10,12,16H,2-3,8-9H2,1H3. The minimum Gasteiger partial charge on any atom is -0.393 e. The lowest BCUT2D eigenvalue weighted by atomic mass is 9.93. The zero-order chi connectivity index (χ0) is 12.3. The van der Waals surface area contributed by atoms with Gasteiger partial charge in [0.15, 0.2) is 0 Å². The Bertz CT molecular complexity index is 378. The Morgan fingerprint density at radius 1 is 1.53 bits per heavy atom. The maximum atomic E-state index is 12.2. The molecule has 1 aromatic rings. The van der Waals surface area contributed by atoms with E-state index in [0.29, 0.717) is 12.1 Å². The molecule has 4 heteroatoms. The molecule has 1 aromatic heterocycles. The summed E-state index contributed by atoms with van der Waals surface area (Å²) in [4.78, 5) is 17.9. The number of pyridine rings is 1. The fourth-order valence-corrected chi connectivity index (χ4v) is 2.27. The molecule has 4 nitrogen and oxygen atoms in total. The number of piperidine rings is 1. The number of aliphatic hydroxyl groups excluding tert-OH is 1. The lowest BCUT2D eigenvalue weighted by molar-refractivity contribution is 0.0466. The van der Waals surface area contributed by atoms with Crippen molar-refractivity contribution < 1.29 is 9.90 Å². The number of aromatic nitrogens is 1. The second-order valence-electron chi connectivity index (χ2n) is 4.63. The molecule has 2 unspecified atom stereocenters. The SMILES string of the molecule is CC(O)C1CCCN(C(=O)c2ccncc2)C1. The van der Waals surface area contributed by atoms with Gasteiger partial charge in [-0.15, -0.1) is 0 Å². The Morgan fingerprint density at radius 2 is 2.24 bits per heavy atom. The van der Waals surface area contributed by atoms with E-state index in [1.807, 2.05) is 4.90 Å². The molecule has 0 spiro atoms. The number of nitrogens with zero attached hydrogens (tertiary/aromatic N) is 2. The third kappa shape index (κ3) is 2.82. The summed E-state index contributed by atoms with van der Waals surface area (Å²) in [6, 6.07) is 3.46. The summed E-state index contributed by atoms with van der Waals surface area (Å²) in [5.41, 5.74) is 0.672. The molecule has 2 atom stereocenters. The fourth-order valence-electron chi connectivity index (χ4n) is 2.27. The molecule has 2 rings (SSSR count). The van der Waals surface area contributed by atoms with E-state index >= 15 is 0 Å². The number of amides is 1. The van der Waals surface area contributed by atoms with Gasteiger partial charge in [0.2, 0.25) is 0 Å². The Morgan fingerprint density at radius 3 is 2.88 bits per heavy atom. The molecule has 1 N–H and O–H groups in total. The van der Waals surface area contributed by atoms with Crippen LogP contribution in [-0.2, 0) is 0 Å². The number of likely N-dealkylation sites (tertiary alicyclic amines) is 1. The van der Waals surface area contributed by atoms with Crippen LogP contribution >= 0.6 is 0 Å². The van der Waals surface area contributed by atoms with Gasteiger partial charge in [0, 0.05) is 37.0 Å². The van der Waals surface area contributed by atoms with Crippen LogP contribution < -0.4 is 0 Å². The van der Waals surface area contributed by atoms with Crippen molar-refractivity contribution in [2.75, 3.05) is 13.1 Å². The molecular weight excluding hydrogens is 216 g/mol. The van der Waals surface area contributed by atoms with Gasteiger partial charge in [0.05, 0.1) is 6.10 Å². The first kappa shape index (κ1) is 12.0. The monoisotopic (exact) mass is 234 g/mol. The van der Waals surface area contributed by atoms with Gasteiger partial charge >= 0.3 is 0 Å². The molecule has 1 aliphatic rings. The van der Waals surface area contributed by atoms with Crippen LogP contribution in [0.3, 0.4) is 0 Å². The van der Waals surface area contributed by atoms with Crippen LogP contribution in [0.25, 0.3) is 0 Å². The smallest absolute Gasteiger partial charge is 0.253 e. The normalized spacial score (nSPS) is 22.2. The first-order valence-electron chi connectivity index (χ1n) is 6.06. The summed E-state index contributed by atoms with van der Waals surface area (Å²) in [5, 5.41) is 9.60. The first-order valence-corrected chi connectivity index (χ1v) is 6.06. The van der Waals surface area contributed by atoms with Crippen LogP contribution in [0.5, 0.6) is 0 Å². The van der Waals surface area contributed by atoms with E-state index in [0.717, 1.165) is 19.4 Å². The van der Waals surface area contributed by atoms with Gasteiger partial charge in [-0.25, -0.2) is 0 Å². The molecule has 0 saturated carbocycles. The molecule has 92 valence electrons. The van der Waals surface area contributed by atoms with Gasteiger partial charge in [-0.3, -0.25) is 9.78 Å². The van der Waals surface area contributed by atoms with Gasteiger partial charge in [-0.2, -0.15) is 0 Å². The quantitative estimate of drug-likeness (QED) is 0.839. The van der Waals surface area contributed by atoms with Crippen molar-refractivity contribution in [1.29, 1.82) is 0 Å². The van der Waals surface area contributed by atoms with Gasteiger partial charge in [-0.1, -0.05) is 0 Å². The number of carbonyl (C=O) groups excluding carboxylic acids is 1. The predicted octanol–water partition coefficient (Wildman–Crippen LogP) is 1.31. The minimum atomic E-state index is -0.344. The molecule has 2 heterocycles. The summed E-state index contributed by atoms with van der Waals surface area (Å²) in [5.74, 6) is 0.243. The molecule has 1 saturated heterocycles. The number of carbonyl (C=O) groups is 1. The summed E-state index contributed by atoms with van der Waals surface area (Å²) in [7, 11) is 0. The molecular formula is C13H18N2O2. The Kier molecular flexibility index (Phi) is 3.74. The predicted molar refractivity (Wildman–Crippen MR) is 64.5 cm³/mol. The molecule has 0 aliphatic carbocycles. The van der Waals surface area contributed by atoms with E-state index in [2.05, 4.69) is 4.98 Å². The summed E-state index contributed by atoms with van der Waals surface area (Å²) in [6.07, 6.45) is 4.87. The van der Waals surface area contributed by atoms with Crippen molar-refractivity contribution in [2.45, 2.75) is 25.9 Å². The average molecular weight is 234 g/mol. The van der Waals surface area contributed by atoms with Crippen LogP contribution in [0.2, 0.25) is 0 Å². The van der Waals surface area contributed by atoms with Crippen LogP contribution in [-0.4, -0.2) is 40.1 Å². The van der Waals surface area contributed by atoms with E-state index in [1.54, 1.807) is 31.5 Å². The Labute approximate surface area is 101 Å². The van der Waals surface area contributed by atoms with E-state index in [9.17, 15) is 9.90 Å².